The maximum absolute atomic E-state index is 13.2. The maximum Gasteiger partial charge on any atom is 0.318 e. The third kappa shape index (κ3) is 6.68. The molecular formula is C24H35N5O3. The minimum atomic E-state index is -0.900. The van der Waals surface area contributed by atoms with E-state index in [1.165, 1.54) is 5.56 Å². The quantitative estimate of drug-likeness (QED) is 0.676. The molecule has 8 heteroatoms. The first-order chi connectivity index (χ1) is 15.4. The molecule has 0 spiro atoms. The molecule has 0 radical (unpaired) electrons. The number of nitrogens with one attached hydrogen (secondary N) is 2. The molecule has 174 valence electrons. The molecule has 0 aromatic heterocycles. The van der Waals surface area contributed by atoms with Gasteiger partial charge in [0.1, 0.15) is 11.6 Å². The number of hydrogen-bond donors (Lipinski definition) is 2. The summed E-state index contributed by atoms with van der Waals surface area (Å²) in [5.41, 5.74) is 0.340. The Kier molecular flexibility index (Phi) is 8.48. The number of amides is 3. The van der Waals surface area contributed by atoms with Crippen LogP contribution in [-0.2, 0) is 16.1 Å². The average molecular weight is 442 g/mol. The highest BCUT2D eigenvalue weighted by molar-refractivity contribution is 5.87. The highest BCUT2D eigenvalue weighted by atomic mass is 16.5. The molecular weight excluding hydrogens is 406 g/mol. The van der Waals surface area contributed by atoms with Crippen molar-refractivity contribution in [3.63, 3.8) is 0 Å². The number of carbonyl (C=O) groups is 2. The molecule has 32 heavy (non-hydrogen) atoms. The van der Waals surface area contributed by atoms with Gasteiger partial charge < -0.3 is 20.3 Å². The van der Waals surface area contributed by atoms with Crippen LogP contribution in [0.15, 0.2) is 30.3 Å². The van der Waals surface area contributed by atoms with E-state index in [9.17, 15) is 14.9 Å². The molecule has 1 atom stereocenters. The van der Waals surface area contributed by atoms with Crippen molar-refractivity contribution >= 4 is 11.9 Å². The molecule has 2 aliphatic rings. The van der Waals surface area contributed by atoms with Crippen LogP contribution in [0.4, 0.5) is 4.79 Å². The van der Waals surface area contributed by atoms with Crippen LogP contribution in [0.2, 0.25) is 0 Å². The lowest BCUT2D eigenvalue weighted by Gasteiger charge is -2.38. The second-order valence-electron chi connectivity index (χ2n) is 9.18. The number of piperidine rings is 1. The Balaban J connectivity index is 1.58. The van der Waals surface area contributed by atoms with Crippen molar-refractivity contribution in [2.24, 2.45) is 5.92 Å². The number of urea groups is 1. The summed E-state index contributed by atoms with van der Waals surface area (Å²) in [6, 6.07) is 11.7. The minimum absolute atomic E-state index is 0.224. The highest BCUT2D eigenvalue weighted by Gasteiger charge is 2.38. The van der Waals surface area contributed by atoms with Crippen molar-refractivity contribution in [3.8, 4) is 6.07 Å². The lowest BCUT2D eigenvalue weighted by atomic mass is 9.88. The Hall–Kier alpha value is -2.63. The summed E-state index contributed by atoms with van der Waals surface area (Å²) in [5.74, 6) is -0.0557. The summed E-state index contributed by atoms with van der Waals surface area (Å²) < 4.78 is 5.30. The van der Waals surface area contributed by atoms with Crippen LogP contribution in [0.5, 0.6) is 0 Å². The average Bonchev–Trinajstić information content (AvgIpc) is 2.81. The summed E-state index contributed by atoms with van der Waals surface area (Å²) in [7, 11) is 0. The van der Waals surface area contributed by atoms with E-state index < -0.39 is 11.6 Å². The normalized spacial score (nSPS) is 19.8. The van der Waals surface area contributed by atoms with Gasteiger partial charge in [-0.05, 0) is 30.7 Å². The lowest BCUT2D eigenvalue weighted by Crippen LogP contribution is -2.60. The number of ether oxygens (including phenoxy) is 1. The van der Waals surface area contributed by atoms with Crippen molar-refractivity contribution in [1.82, 2.24) is 20.4 Å². The Bertz CT molecular complexity index is 794. The third-order valence-corrected chi connectivity index (χ3v) is 6.15. The molecule has 1 unspecified atom stereocenters. The molecule has 2 N–H and O–H groups in total. The van der Waals surface area contributed by atoms with E-state index in [0.29, 0.717) is 45.6 Å². The second kappa shape index (κ2) is 11.3. The smallest absolute Gasteiger partial charge is 0.318 e. The van der Waals surface area contributed by atoms with Crippen LogP contribution >= 0.6 is 0 Å². The van der Waals surface area contributed by atoms with Crippen LogP contribution in [-0.4, -0.2) is 72.7 Å². The van der Waals surface area contributed by atoms with Gasteiger partial charge in [0.05, 0.1) is 19.3 Å². The van der Waals surface area contributed by atoms with Gasteiger partial charge in [0.15, 0.2) is 0 Å². The molecule has 3 rings (SSSR count). The predicted octanol–water partition coefficient (Wildman–Crippen LogP) is 2.12. The summed E-state index contributed by atoms with van der Waals surface area (Å²) in [4.78, 5) is 29.8. The number of benzene rings is 1. The van der Waals surface area contributed by atoms with E-state index in [1.54, 1.807) is 4.90 Å². The number of nitrogens with zero attached hydrogens (tertiary/aromatic N) is 3. The van der Waals surface area contributed by atoms with E-state index >= 15 is 0 Å². The van der Waals surface area contributed by atoms with Gasteiger partial charge in [-0.1, -0.05) is 44.2 Å². The Labute approximate surface area is 190 Å². The summed E-state index contributed by atoms with van der Waals surface area (Å²) in [5, 5.41) is 15.8. The van der Waals surface area contributed by atoms with E-state index in [0.717, 1.165) is 19.6 Å². The molecule has 0 bridgehead atoms. The molecule has 1 aromatic carbocycles. The summed E-state index contributed by atoms with van der Waals surface area (Å²) >= 11 is 0. The fourth-order valence-corrected chi connectivity index (χ4v) is 4.23. The number of morpholine rings is 1. The monoisotopic (exact) mass is 441 g/mol. The molecule has 3 amide bonds. The molecule has 0 saturated carbocycles. The number of hydrogen-bond acceptors (Lipinski definition) is 5. The first kappa shape index (κ1) is 24.0. The number of likely N-dealkylation sites (tertiary alicyclic amines) is 1. The van der Waals surface area contributed by atoms with Crippen molar-refractivity contribution in [3.05, 3.63) is 35.9 Å². The molecule has 0 aliphatic carbocycles. The molecule has 2 saturated heterocycles. The largest absolute Gasteiger partial charge is 0.378 e. The van der Waals surface area contributed by atoms with E-state index in [-0.39, 0.29) is 17.9 Å². The van der Waals surface area contributed by atoms with Crippen molar-refractivity contribution in [2.75, 3.05) is 39.4 Å². The predicted molar refractivity (Wildman–Crippen MR) is 122 cm³/mol. The molecule has 2 aliphatic heterocycles. The standard InChI is InChI=1S/C24H35N5O3/c1-19(2)16-21(26-23(31)29-12-14-32-15-13-29)22(30)27-24(18-25)8-10-28(11-9-24)17-20-6-4-3-5-7-20/h3-7,19,21H,8-17H2,1-2H3,(H,26,31)(H,27,30). The van der Waals surface area contributed by atoms with Gasteiger partial charge in [0, 0.05) is 32.7 Å². The van der Waals surface area contributed by atoms with Crippen LogP contribution in [0.3, 0.4) is 0 Å². The number of carbonyl (C=O) groups excluding carboxylic acids is 2. The van der Waals surface area contributed by atoms with Crippen LogP contribution in [0.25, 0.3) is 0 Å². The van der Waals surface area contributed by atoms with Crippen LogP contribution in [0.1, 0.15) is 38.7 Å². The highest BCUT2D eigenvalue weighted by Crippen LogP contribution is 2.23. The Morgan fingerprint density at radius 3 is 2.38 bits per heavy atom. The molecule has 1 aromatic rings. The molecule has 2 fully saturated rings. The lowest BCUT2D eigenvalue weighted by molar-refractivity contribution is -0.125. The van der Waals surface area contributed by atoms with Gasteiger partial charge in [-0.25, -0.2) is 4.79 Å². The van der Waals surface area contributed by atoms with Gasteiger partial charge in [-0.15, -0.1) is 0 Å². The number of rotatable bonds is 7. The fraction of sp³-hybridized carbons (Fsp3) is 0.625. The first-order valence-corrected chi connectivity index (χ1v) is 11.5. The van der Waals surface area contributed by atoms with Gasteiger partial charge in [0.25, 0.3) is 0 Å². The van der Waals surface area contributed by atoms with Gasteiger partial charge >= 0.3 is 6.03 Å². The second-order valence-corrected chi connectivity index (χ2v) is 9.18. The Morgan fingerprint density at radius 1 is 1.12 bits per heavy atom. The van der Waals surface area contributed by atoms with Crippen LogP contribution < -0.4 is 10.6 Å². The van der Waals surface area contributed by atoms with Gasteiger partial charge in [0.2, 0.25) is 5.91 Å². The van der Waals surface area contributed by atoms with E-state index in [4.69, 9.17) is 4.74 Å². The zero-order chi connectivity index (χ0) is 23.0. The van der Waals surface area contributed by atoms with Crippen molar-refractivity contribution in [2.45, 2.75) is 51.2 Å². The summed E-state index contributed by atoms with van der Waals surface area (Å²) in [6.45, 7) is 8.38. The third-order valence-electron chi connectivity index (χ3n) is 6.15. The Morgan fingerprint density at radius 2 is 1.78 bits per heavy atom. The van der Waals surface area contributed by atoms with E-state index in [2.05, 4.69) is 33.7 Å². The first-order valence-electron chi connectivity index (χ1n) is 11.5. The molecule has 8 nitrogen and oxygen atoms in total. The zero-order valence-electron chi connectivity index (χ0n) is 19.2. The maximum atomic E-state index is 13.2. The van der Waals surface area contributed by atoms with Gasteiger partial charge in [-0.3, -0.25) is 9.69 Å². The van der Waals surface area contributed by atoms with Crippen LogP contribution in [0, 0.1) is 17.2 Å². The fourth-order valence-electron chi connectivity index (χ4n) is 4.23. The number of nitriles is 1. The zero-order valence-corrected chi connectivity index (χ0v) is 19.2. The minimum Gasteiger partial charge on any atom is -0.378 e. The van der Waals surface area contributed by atoms with E-state index in [1.807, 2.05) is 32.0 Å². The SMILES string of the molecule is CC(C)CC(NC(=O)N1CCOCC1)C(=O)NC1(C#N)CCN(Cc2ccccc2)CC1. The molecule has 2 heterocycles. The summed E-state index contributed by atoms with van der Waals surface area (Å²) in [6.07, 6.45) is 1.64. The van der Waals surface area contributed by atoms with Crippen molar-refractivity contribution in [1.29, 1.82) is 5.26 Å². The van der Waals surface area contributed by atoms with Crippen molar-refractivity contribution < 1.29 is 14.3 Å². The topological polar surface area (TPSA) is 97.7 Å². The van der Waals surface area contributed by atoms with Gasteiger partial charge in [-0.2, -0.15) is 5.26 Å².